The van der Waals surface area contributed by atoms with Gasteiger partial charge in [0.1, 0.15) is 0 Å². The number of hydrogen-bond donors (Lipinski definition) is 3. The van der Waals surface area contributed by atoms with Gasteiger partial charge in [-0.25, -0.2) is 0 Å². The smallest absolute Gasteiger partial charge is 0.224 e. The van der Waals surface area contributed by atoms with Gasteiger partial charge in [-0.3, -0.25) is 5.10 Å². The SMILES string of the molecule is Nc1nc(-n2nc(CO)cc2F)c2cn[nH]c2n1. The van der Waals surface area contributed by atoms with Gasteiger partial charge in [-0.15, -0.1) is 0 Å². The van der Waals surface area contributed by atoms with Crippen molar-refractivity contribution in [3.05, 3.63) is 23.9 Å². The molecule has 0 radical (unpaired) electrons. The molecule has 0 spiro atoms. The molecule has 18 heavy (non-hydrogen) atoms. The summed E-state index contributed by atoms with van der Waals surface area (Å²) in [6.07, 6.45) is 1.45. The van der Waals surface area contributed by atoms with Crippen LogP contribution in [0.25, 0.3) is 16.9 Å². The van der Waals surface area contributed by atoms with Crippen molar-refractivity contribution in [2.24, 2.45) is 0 Å². The third-order valence-electron chi connectivity index (χ3n) is 2.39. The molecule has 92 valence electrons. The molecule has 0 saturated carbocycles. The number of H-pyrrole nitrogens is 1. The molecule has 0 bridgehead atoms. The number of nitrogens with one attached hydrogen (secondary N) is 1. The third kappa shape index (κ3) is 1.49. The number of nitrogens with zero attached hydrogens (tertiary/aromatic N) is 5. The van der Waals surface area contributed by atoms with Gasteiger partial charge in [0.25, 0.3) is 0 Å². The first-order valence-corrected chi connectivity index (χ1v) is 5.01. The largest absolute Gasteiger partial charge is 0.390 e. The van der Waals surface area contributed by atoms with Crippen molar-refractivity contribution in [2.75, 3.05) is 5.73 Å². The molecule has 3 rings (SSSR count). The molecular formula is C9H8FN7O. The number of aliphatic hydroxyl groups excluding tert-OH is 1. The Labute approximate surface area is 99.3 Å². The van der Waals surface area contributed by atoms with Crippen LogP contribution in [-0.4, -0.2) is 35.1 Å². The van der Waals surface area contributed by atoms with Crippen LogP contribution in [0.2, 0.25) is 0 Å². The van der Waals surface area contributed by atoms with Gasteiger partial charge in [0.05, 0.1) is 23.9 Å². The molecule has 0 fully saturated rings. The molecule has 0 aliphatic carbocycles. The molecule has 0 amide bonds. The molecule has 3 heterocycles. The summed E-state index contributed by atoms with van der Waals surface area (Å²) in [6.45, 7) is -0.362. The van der Waals surface area contributed by atoms with Crippen molar-refractivity contribution in [3.63, 3.8) is 0 Å². The molecule has 0 aliphatic rings. The summed E-state index contributed by atoms with van der Waals surface area (Å²) in [7, 11) is 0. The van der Waals surface area contributed by atoms with Gasteiger partial charge in [-0.05, 0) is 0 Å². The van der Waals surface area contributed by atoms with Crippen molar-refractivity contribution in [1.29, 1.82) is 0 Å². The minimum atomic E-state index is -0.653. The van der Waals surface area contributed by atoms with E-state index < -0.39 is 5.95 Å². The van der Waals surface area contributed by atoms with Gasteiger partial charge in [-0.1, -0.05) is 0 Å². The van der Waals surface area contributed by atoms with Gasteiger partial charge in [-0.2, -0.15) is 29.2 Å². The summed E-state index contributed by atoms with van der Waals surface area (Å²) >= 11 is 0. The van der Waals surface area contributed by atoms with E-state index in [1.54, 1.807) is 0 Å². The van der Waals surface area contributed by atoms with Crippen molar-refractivity contribution in [1.82, 2.24) is 29.9 Å². The minimum Gasteiger partial charge on any atom is -0.390 e. The zero-order valence-electron chi connectivity index (χ0n) is 9.00. The number of aromatic amines is 1. The molecule has 0 aliphatic heterocycles. The number of hydrogen-bond acceptors (Lipinski definition) is 6. The Morgan fingerprint density at radius 2 is 2.28 bits per heavy atom. The molecule has 3 aromatic rings. The molecule has 8 nitrogen and oxygen atoms in total. The van der Waals surface area contributed by atoms with E-state index in [2.05, 4.69) is 25.3 Å². The zero-order chi connectivity index (χ0) is 12.7. The van der Waals surface area contributed by atoms with Crippen molar-refractivity contribution >= 4 is 17.0 Å². The molecule has 0 aromatic carbocycles. The highest BCUT2D eigenvalue weighted by Gasteiger charge is 2.15. The highest BCUT2D eigenvalue weighted by Crippen LogP contribution is 2.19. The summed E-state index contributed by atoms with van der Waals surface area (Å²) in [6, 6.07) is 1.12. The number of anilines is 1. The fourth-order valence-corrected chi connectivity index (χ4v) is 1.63. The van der Waals surface area contributed by atoms with Crippen LogP contribution in [0.1, 0.15) is 5.69 Å². The van der Waals surface area contributed by atoms with Crippen LogP contribution in [0.3, 0.4) is 0 Å². The maximum absolute atomic E-state index is 13.7. The molecule has 3 aromatic heterocycles. The van der Waals surface area contributed by atoms with Crippen LogP contribution in [0.4, 0.5) is 10.3 Å². The average Bonchev–Trinajstić information content (AvgIpc) is 2.94. The van der Waals surface area contributed by atoms with Crippen LogP contribution in [0, 0.1) is 5.95 Å². The summed E-state index contributed by atoms with van der Waals surface area (Å²) < 4.78 is 14.7. The fraction of sp³-hybridized carbons (Fsp3) is 0.111. The van der Waals surface area contributed by atoms with Crippen molar-refractivity contribution in [2.45, 2.75) is 6.61 Å². The van der Waals surface area contributed by atoms with Crippen molar-refractivity contribution < 1.29 is 9.50 Å². The number of fused-ring (bicyclic) bond motifs is 1. The molecule has 9 heteroatoms. The standard InChI is InChI=1S/C9H8FN7O/c10-6-1-4(3-18)16-17(6)8-5-2-12-15-7(5)13-9(11)14-8/h1-2,18H,3H2,(H3,11,12,13,14,15). The maximum atomic E-state index is 13.7. The normalized spacial score (nSPS) is 11.2. The summed E-state index contributed by atoms with van der Waals surface area (Å²) in [5.41, 5.74) is 6.11. The number of nitrogens with two attached hydrogens (primary N) is 1. The Hall–Kier alpha value is -2.55. The number of rotatable bonds is 2. The summed E-state index contributed by atoms with van der Waals surface area (Å²) in [4.78, 5) is 7.85. The lowest BCUT2D eigenvalue weighted by molar-refractivity contribution is 0.276. The van der Waals surface area contributed by atoms with E-state index in [0.717, 1.165) is 10.7 Å². The number of aliphatic hydroxyl groups is 1. The Kier molecular flexibility index (Phi) is 2.20. The second-order valence-electron chi connectivity index (χ2n) is 3.57. The predicted octanol–water partition coefficient (Wildman–Crippen LogP) is -0.248. The molecule has 0 saturated heterocycles. The van der Waals surface area contributed by atoms with Crippen LogP contribution in [-0.2, 0) is 6.61 Å². The number of halogens is 1. The zero-order valence-corrected chi connectivity index (χ0v) is 9.00. The molecule has 0 unspecified atom stereocenters. The summed E-state index contributed by atoms with van der Waals surface area (Å²) in [5, 5.41) is 19.7. The highest BCUT2D eigenvalue weighted by molar-refractivity contribution is 5.82. The lowest BCUT2D eigenvalue weighted by Crippen LogP contribution is -2.07. The van der Waals surface area contributed by atoms with E-state index in [-0.39, 0.29) is 24.1 Å². The van der Waals surface area contributed by atoms with E-state index >= 15 is 0 Å². The topological polar surface area (TPSA) is 119 Å². The molecular weight excluding hydrogens is 241 g/mol. The van der Waals surface area contributed by atoms with E-state index in [4.69, 9.17) is 10.8 Å². The fourth-order valence-electron chi connectivity index (χ4n) is 1.63. The van der Waals surface area contributed by atoms with Crippen molar-refractivity contribution in [3.8, 4) is 5.82 Å². The Morgan fingerprint density at radius 3 is 3.00 bits per heavy atom. The van der Waals surface area contributed by atoms with Gasteiger partial charge >= 0.3 is 0 Å². The second kappa shape index (κ2) is 3.74. The predicted molar refractivity (Wildman–Crippen MR) is 59.1 cm³/mol. The molecule has 0 atom stereocenters. The van der Waals surface area contributed by atoms with Crippen LogP contribution in [0.5, 0.6) is 0 Å². The number of aromatic nitrogens is 6. The van der Waals surface area contributed by atoms with E-state index in [0.29, 0.717) is 11.0 Å². The van der Waals surface area contributed by atoms with Gasteiger partial charge in [0.2, 0.25) is 11.9 Å². The minimum absolute atomic E-state index is 0.0257. The maximum Gasteiger partial charge on any atom is 0.224 e. The Balaban J connectivity index is 2.29. The van der Waals surface area contributed by atoms with Gasteiger partial charge in [0.15, 0.2) is 11.5 Å². The monoisotopic (exact) mass is 249 g/mol. The van der Waals surface area contributed by atoms with E-state index in [1.807, 2.05) is 0 Å². The van der Waals surface area contributed by atoms with E-state index in [9.17, 15) is 4.39 Å². The lowest BCUT2D eigenvalue weighted by Gasteiger charge is -2.03. The first-order valence-electron chi connectivity index (χ1n) is 5.01. The van der Waals surface area contributed by atoms with Gasteiger partial charge in [0, 0.05) is 6.07 Å². The van der Waals surface area contributed by atoms with E-state index in [1.165, 1.54) is 6.20 Å². The summed E-state index contributed by atoms with van der Waals surface area (Å²) in [5.74, 6) is -0.509. The third-order valence-corrected chi connectivity index (χ3v) is 2.39. The highest BCUT2D eigenvalue weighted by atomic mass is 19.1. The average molecular weight is 249 g/mol. The van der Waals surface area contributed by atoms with Crippen LogP contribution in [0.15, 0.2) is 12.3 Å². The van der Waals surface area contributed by atoms with Crippen LogP contribution >= 0.6 is 0 Å². The second-order valence-corrected chi connectivity index (χ2v) is 3.57. The quantitative estimate of drug-likeness (QED) is 0.576. The molecule has 4 N–H and O–H groups in total. The van der Waals surface area contributed by atoms with Gasteiger partial charge < -0.3 is 10.8 Å². The lowest BCUT2D eigenvalue weighted by atomic mass is 10.4. The first kappa shape index (κ1) is 10.6. The number of nitrogen functional groups attached to an aromatic ring is 1. The first-order chi connectivity index (χ1) is 8.69. The Morgan fingerprint density at radius 1 is 1.44 bits per heavy atom. The van der Waals surface area contributed by atoms with Crippen LogP contribution < -0.4 is 5.73 Å². The Bertz CT molecular complexity index is 719.